The van der Waals surface area contributed by atoms with Crippen LogP contribution in [0.4, 0.5) is 0 Å². The van der Waals surface area contributed by atoms with Crippen molar-refractivity contribution in [3.8, 4) is 0 Å². The summed E-state index contributed by atoms with van der Waals surface area (Å²) in [4.78, 5) is 28.9. The number of carbonyl (C=O) groups excluding carboxylic acids is 1. The first-order valence-corrected chi connectivity index (χ1v) is 6.58. The molecule has 5 nitrogen and oxygen atoms in total. The van der Waals surface area contributed by atoms with Gasteiger partial charge in [0.25, 0.3) is 11.5 Å². The highest BCUT2D eigenvalue weighted by atomic mass is 35.5. The third kappa shape index (κ3) is 3.43. The van der Waals surface area contributed by atoms with Crippen LogP contribution in [0.5, 0.6) is 0 Å². The lowest BCUT2D eigenvalue weighted by atomic mass is 10.0. The van der Waals surface area contributed by atoms with Crippen LogP contribution in [0.25, 0.3) is 10.9 Å². The number of fused-ring (bicyclic) bond motifs is 1. The first-order valence-electron chi connectivity index (χ1n) is 6.58. The van der Waals surface area contributed by atoms with Crippen LogP contribution in [0, 0.1) is 6.92 Å². The Labute approximate surface area is 129 Å². The molecule has 0 saturated heterocycles. The van der Waals surface area contributed by atoms with E-state index in [4.69, 9.17) is 0 Å². The Hall–Kier alpha value is -1.85. The number of hydrogen-bond donors (Lipinski definition) is 2. The van der Waals surface area contributed by atoms with Gasteiger partial charge in [0.15, 0.2) is 0 Å². The lowest BCUT2D eigenvalue weighted by Gasteiger charge is -2.18. The van der Waals surface area contributed by atoms with Crippen LogP contribution in [0.15, 0.2) is 29.1 Å². The number of nitrogens with zero attached hydrogens (tertiary/aromatic N) is 1. The summed E-state index contributed by atoms with van der Waals surface area (Å²) in [6.07, 6.45) is 0. The van der Waals surface area contributed by atoms with Crippen molar-refractivity contribution in [3.63, 3.8) is 0 Å². The highest BCUT2D eigenvalue weighted by molar-refractivity contribution is 5.99. The fraction of sp³-hybridized carbons (Fsp3) is 0.333. The lowest BCUT2D eigenvalue weighted by Crippen LogP contribution is -2.36. The first kappa shape index (κ1) is 17.2. The van der Waals surface area contributed by atoms with Gasteiger partial charge in [-0.15, -0.1) is 12.4 Å². The molecule has 1 aromatic carbocycles. The third-order valence-corrected chi connectivity index (χ3v) is 3.44. The average molecular weight is 310 g/mol. The summed E-state index contributed by atoms with van der Waals surface area (Å²) in [5, 5.41) is 3.88. The molecule has 0 atom stereocenters. The van der Waals surface area contributed by atoms with Gasteiger partial charge in [-0.05, 0) is 25.6 Å². The largest absolute Gasteiger partial charge is 0.340 e. The van der Waals surface area contributed by atoms with Crippen LogP contribution in [0.3, 0.4) is 0 Å². The van der Waals surface area contributed by atoms with Crippen LogP contribution < -0.4 is 10.9 Å². The maximum absolute atomic E-state index is 12.4. The Morgan fingerprint density at radius 1 is 1.33 bits per heavy atom. The molecule has 0 fully saturated rings. The van der Waals surface area contributed by atoms with Gasteiger partial charge in [-0.1, -0.05) is 18.2 Å². The average Bonchev–Trinajstić information content (AvgIpc) is 2.44. The SMILES string of the molecule is CNCCN(C)C(=O)c1c(C)c2ccccc2[nH]c1=O.Cl. The number of benzene rings is 1. The molecule has 2 N–H and O–H groups in total. The number of aromatic amines is 1. The molecule has 0 radical (unpaired) electrons. The van der Waals surface area contributed by atoms with E-state index in [1.54, 1.807) is 11.9 Å². The zero-order valence-corrected chi connectivity index (χ0v) is 13.2. The van der Waals surface area contributed by atoms with Crippen LogP contribution in [0.2, 0.25) is 0 Å². The van der Waals surface area contributed by atoms with Crippen molar-refractivity contribution in [2.75, 3.05) is 27.2 Å². The predicted molar refractivity (Wildman–Crippen MR) is 87.4 cm³/mol. The Morgan fingerprint density at radius 2 is 2.00 bits per heavy atom. The number of aryl methyl sites for hydroxylation is 1. The fourth-order valence-corrected chi connectivity index (χ4v) is 2.24. The lowest BCUT2D eigenvalue weighted by molar-refractivity contribution is 0.0794. The second kappa shape index (κ2) is 7.24. The second-order valence-corrected chi connectivity index (χ2v) is 4.83. The molecule has 0 spiro atoms. The van der Waals surface area contributed by atoms with E-state index in [1.165, 1.54) is 0 Å². The molecule has 1 amide bonds. The summed E-state index contributed by atoms with van der Waals surface area (Å²) < 4.78 is 0. The van der Waals surface area contributed by atoms with Gasteiger partial charge in [-0.25, -0.2) is 0 Å². The quantitative estimate of drug-likeness (QED) is 0.900. The van der Waals surface area contributed by atoms with Crippen LogP contribution in [-0.4, -0.2) is 43.0 Å². The number of aromatic nitrogens is 1. The number of amides is 1. The second-order valence-electron chi connectivity index (χ2n) is 4.83. The smallest absolute Gasteiger partial charge is 0.261 e. The summed E-state index contributed by atoms with van der Waals surface area (Å²) in [5.74, 6) is -0.246. The molecule has 1 heterocycles. The van der Waals surface area contributed by atoms with E-state index in [1.807, 2.05) is 38.2 Å². The number of carbonyl (C=O) groups is 1. The molecule has 2 rings (SSSR count). The zero-order chi connectivity index (χ0) is 14.7. The molecule has 0 aliphatic heterocycles. The highest BCUT2D eigenvalue weighted by Gasteiger charge is 2.19. The Bertz CT molecular complexity index is 697. The first-order chi connectivity index (χ1) is 9.56. The van der Waals surface area contributed by atoms with Crippen LogP contribution in [0.1, 0.15) is 15.9 Å². The molecule has 0 aliphatic carbocycles. The number of H-pyrrole nitrogens is 1. The normalized spacial score (nSPS) is 10.2. The number of nitrogens with one attached hydrogen (secondary N) is 2. The van der Waals surface area contributed by atoms with Gasteiger partial charge in [0.1, 0.15) is 5.56 Å². The molecular formula is C15H20ClN3O2. The van der Waals surface area contributed by atoms with E-state index in [0.717, 1.165) is 16.5 Å². The highest BCUT2D eigenvalue weighted by Crippen LogP contribution is 2.17. The number of pyridine rings is 1. The van der Waals surface area contributed by atoms with Crippen molar-refractivity contribution in [3.05, 3.63) is 45.7 Å². The number of halogens is 1. The van der Waals surface area contributed by atoms with Gasteiger partial charge in [0, 0.05) is 31.0 Å². The minimum absolute atomic E-state index is 0. The standard InChI is InChI=1S/C15H19N3O2.ClH/c1-10-11-6-4-5-7-12(11)17-14(19)13(10)15(20)18(3)9-8-16-2;/h4-7,16H,8-9H2,1-3H3,(H,17,19);1H. The van der Waals surface area contributed by atoms with E-state index < -0.39 is 0 Å². The third-order valence-electron chi connectivity index (χ3n) is 3.44. The molecule has 2 aromatic rings. The molecule has 0 bridgehead atoms. The number of para-hydroxylation sites is 1. The summed E-state index contributed by atoms with van der Waals surface area (Å²) in [6.45, 7) is 3.06. The monoisotopic (exact) mass is 309 g/mol. The topological polar surface area (TPSA) is 65.2 Å². The minimum Gasteiger partial charge on any atom is -0.340 e. The van der Waals surface area contributed by atoms with Crippen LogP contribution in [-0.2, 0) is 0 Å². The van der Waals surface area contributed by atoms with E-state index in [-0.39, 0.29) is 29.4 Å². The van der Waals surface area contributed by atoms with Crippen molar-refractivity contribution in [1.29, 1.82) is 0 Å². The van der Waals surface area contributed by atoms with Gasteiger partial charge in [-0.2, -0.15) is 0 Å². The maximum Gasteiger partial charge on any atom is 0.261 e. The molecule has 1 aromatic heterocycles. The maximum atomic E-state index is 12.4. The van der Waals surface area contributed by atoms with Crippen LogP contribution >= 0.6 is 12.4 Å². The Balaban J connectivity index is 0.00000220. The van der Waals surface area contributed by atoms with E-state index in [2.05, 4.69) is 10.3 Å². The molecule has 114 valence electrons. The van der Waals surface area contributed by atoms with E-state index >= 15 is 0 Å². The molecule has 0 aliphatic rings. The van der Waals surface area contributed by atoms with Gasteiger partial charge in [0.2, 0.25) is 0 Å². The van der Waals surface area contributed by atoms with Gasteiger partial charge in [0.05, 0.1) is 0 Å². The van der Waals surface area contributed by atoms with Gasteiger partial charge >= 0.3 is 0 Å². The van der Waals surface area contributed by atoms with E-state index in [0.29, 0.717) is 13.1 Å². The number of likely N-dealkylation sites (N-methyl/N-ethyl adjacent to an activating group) is 2. The summed E-state index contributed by atoms with van der Waals surface area (Å²) >= 11 is 0. The van der Waals surface area contributed by atoms with Gasteiger partial charge in [-0.3, -0.25) is 9.59 Å². The Kier molecular flexibility index (Phi) is 5.93. The van der Waals surface area contributed by atoms with Crippen molar-refractivity contribution in [2.24, 2.45) is 0 Å². The number of rotatable bonds is 4. The molecule has 6 heteroatoms. The molecule has 0 unspecified atom stereocenters. The summed E-state index contributed by atoms with van der Waals surface area (Å²) in [5.41, 5.74) is 1.37. The van der Waals surface area contributed by atoms with Crippen molar-refractivity contribution in [2.45, 2.75) is 6.92 Å². The minimum atomic E-state index is -0.331. The van der Waals surface area contributed by atoms with Crippen molar-refractivity contribution < 1.29 is 4.79 Å². The zero-order valence-electron chi connectivity index (χ0n) is 12.4. The molecule has 0 saturated carbocycles. The summed E-state index contributed by atoms with van der Waals surface area (Å²) in [7, 11) is 3.53. The molecule has 21 heavy (non-hydrogen) atoms. The molecular weight excluding hydrogens is 290 g/mol. The van der Waals surface area contributed by atoms with Gasteiger partial charge < -0.3 is 15.2 Å². The number of hydrogen-bond acceptors (Lipinski definition) is 3. The Morgan fingerprint density at radius 3 is 2.67 bits per heavy atom. The fourth-order valence-electron chi connectivity index (χ4n) is 2.24. The predicted octanol–water partition coefficient (Wildman–Crippen LogP) is 1.55. The van der Waals surface area contributed by atoms with Crippen molar-refractivity contribution >= 4 is 29.2 Å². The summed E-state index contributed by atoms with van der Waals surface area (Å²) in [6, 6.07) is 7.50. The van der Waals surface area contributed by atoms with Crippen molar-refractivity contribution in [1.82, 2.24) is 15.2 Å². The van der Waals surface area contributed by atoms with E-state index in [9.17, 15) is 9.59 Å².